The van der Waals surface area contributed by atoms with Crippen LogP contribution in [0.1, 0.15) is 23.4 Å². The Labute approximate surface area is 141 Å². The number of halogens is 1. The van der Waals surface area contributed by atoms with Crippen LogP contribution < -0.4 is 5.73 Å². The molecule has 1 aliphatic heterocycles. The number of piperazine rings is 1. The number of aromatic nitrogens is 2. The van der Waals surface area contributed by atoms with Gasteiger partial charge >= 0.3 is 0 Å². The molecule has 1 fully saturated rings. The van der Waals surface area contributed by atoms with Crippen LogP contribution in [0.2, 0.25) is 0 Å². The molecule has 0 radical (unpaired) electrons. The predicted octanol–water partition coefficient (Wildman–Crippen LogP) is 2.42. The number of rotatable bonds is 4. The highest BCUT2D eigenvalue weighted by Gasteiger charge is 2.22. The molecule has 2 aromatic heterocycles. The topological polar surface area (TPSA) is 58.3 Å². The highest BCUT2D eigenvalue weighted by Crippen LogP contribution is 2.22. The fourth-order valence-electron chi connectivity index (χ4n) is 2.76. The fourth-order valence-corrected chi connectivity index (χ4v) is 3.49. The molecule has 2 N–H and O–H groups in total. The third-order valence-corrected chi connectivity index (χ3v) is 4.88. The molecule has 3 heterocycles. The molecule has 1 aliphatic rings. The molecule has 1 unspecified atom stereocenters. The second kappa shape index (κ2) is 7.87. The van der Waals surface area contributed by atoms with Crippen molar-refractivity contribution in [1.82, 2.24) is 19.8 Å². The molecule has 0 saturated carbocycles. The maximum atomic E-state index is 5.68. The number of nitrogens with zero attached hydrogens (tertiary/aromatic N) is 4. The zero-order valence-corrected chi connectivity index (χ0v) is 14.3. The average molecular weight is 340 g/mol. The monoisotopic (exact) mass is 339 g/mol. The van der Waals surface area contributed by atoms with Crippen molar-refractivity contribution in [3.8, 4) is 0 Å². The van der Waals surface area contributed by atoms with Crippen molar-refractivity contribution < 1.29 is 0 Å². The molecule has 1 atom stereocenters. The van der Waals surface area contributed by atoms with Gasteiger partial charge in [0.25, 0.3) is 0 Å². The molecule has 0 amide bonds. The minimum Gasteiger partial charge on any atom is -0.375 e. The van der Waals surface area contributed by atoms with Crippen LogP contribution in [0.5, 0.6) is 0 Å². The van der Waals surface area contributed by atoms with Crippen molar-refractivity contribution in [2.45, 2.75) is 19.5 Å². The Balaban J connectivity index is 0.00000176. The Morgan fingerprint density at radius 3 is 2.64 bits per heavy atom. The van der Waals surface area contributed by atoms with Crippen LogP contribution in [0.3, 0.4) is 0 Å². The molecule has 0 aliphatic carbocycles. The molecular weight excluding hydrogens is 318 g/mol. The standard InChI is InChI=1S/C15H21N5S.ClH/c1-12(13-3-2-4-17-9-13)20-7-5-19(6-8-20)11-14-10-18-15(16)21-14;/h2-4,9-10,12H,5-8,11H2,1H3,(H2,16,18);1H. The van der Waals surface area contributed by atoms with E-state index < -0.39 is 0 Å². The van der Waals surface area contributed by atoms with E-state index in [0.29, 0.717) is 11.2 Å². The third kappa shape index (κ3) is 4.16. The molecule has 0 aromatic carbocycles. The van der Waals surface area contributed by atoms with Crippen molar-refractivity contribution in [3.63, 3.8) is 0 Å². The van der Waals surface area contributed by atoms with Crippen molar-refractivity contribution in [2.75, 3.05) is 31.9 Å². The molecule has 120 valence electrons. The lowest BCUT2D eigenvalue weighted by Crippen LogP contribution is -2.46. The summed E-state index contributed by atoms with van der Waals surface area (Å²) in [6.45, 7) is 7.57. The first-order valence-electron chi connectivity index (χ1n) is 7.29. The summed E-state index contributed by atoms with van der Waals surface area (Å²) in [5, 5.41) is 0.661. The van der Waals surface area contributed by atoms with E-state index in [4.69, 9.17) is 5.73 Å². The van der Waals surface area contributed by atoms with Gasteiger partial charge in [-0.15, -0.1) is 23.7 Å². The second-order valence-corrected chi connectivity index (χ2v) is 6.59. The van der Waals surface area contributed by atoms with Gasteiger partial charge in [-0.1, -0.05) is 6.07 Å². The fraction of sp³-hybridized carbons (Fsp3) is 0.467. The molecule has 3 rings (SSSR count). The van der Waals surface area contributed by atoms with Gasteiger partial charge in [-0.3, -0.25) is 14.8 Å². The van der Waals surface area contributed by atoms with E-state index in [0.717, 1.165) is 32.7 Å². The van der Waals surface area contributed by atoms with E-state index in [1.165, 1.54) is 10.4 Å². The summed E-state index contributed by atoms with van der Waals surface area (Å²) in [6, 6.07) is 4.60. The largest absolute Gasteiger partial charge is 0.375 e. The van der Waals surface area contributed by atoms with Gasteiger partial charge in [0, 0.05) is 62.2 Å². The summed E-state index contributed by atoms with van der Waals surface area (Å²) in [5.41, 5.74) is 6.98. The van der Waals surface area contributed by atoms with E-state index in [2.05, 4.69) is 32.8 Å². The van der Waals surface area contributed by atoms with Crippen LogP contribution >= 0.6 is 23.7 Å². The second-order valence-electron chi connectivity index (χ2n) is 5.44. The van der Waals surface area contributed by atoms with Crippen molar-refractivity contribution in [2.24, 2.45) is 0 Å². The molecular formula is C15H22ClN5S. The lowest BCUT2D eigenvalue weighted by Gasteiger charge is -2.37. The maximum absolute atomic E-state index is 5.68. The molecule has 1 saturated heterocycles. The van der Waals surface area contributed by atoms with Crippen LogP contribution in [0, 0.1) is 0 Å². The first-order valence-corrected chi connectivity index (χ1v) is 8.10. The molecule has 0 spiro atoms. The van der Waals surface area contributed by atoms with Crippen molar-refractivity contribution >= 4 is 28.9 Å². The van der Waals surface area contributed by atoms with Crippen LogP contribution in [-0.4, -0.2) is 45.9 Å². The van der Waals surface area contributed by atoms with Gasteiger partial charge in [0.2, 0.25) is 0 Å². The van der Waals surface area contributed by atoms with Gasteiger partial charge in [0.05, 0.1) is 0 Å². The SMILES string of the molecule is CC(c1cccnc1)N1CCN(Cc2cnc(N)s2)CC1.Cl. The summed E-state index contributed by atoms with van der Waals surface area (Å²) in [4.78, 5) is 14.6. The van der Waals surface area contributed by atoms with Gasteiger partial charge in [-0.25, -0.2) is 4.98 Å². The van der Waals surface area contributed by atoms with E-state index in [9.17, 15) is 0 Å². The van der Waals surface area contributed by atoms with Crippen LogP contribution in [0.25, 0.3) is 0 Å². The Bertz CT molecular complexity index is 568. The smallest absolute Gasteiger partial charge is 0.180 e. The maximum Gasteiger partial charge on any atom is 0.180 e. The number of hydrogen-bond acceptors (Lipinski definition) is 6. The number of hydrogen-bond donors (Lipinski definition) is 1. The number of nitrogens with two attached hydrogens (primary N) is 1. The van der Waals surface area contributed by atoms with Crippen LogP contribution in [-0.2, 0) is 6.54 Å². The Hall–Kier alpha value is -1.21. The lowest BCUT2D eigenvalue weighted by atomic mass is 10.1. The first kappa shape index (κ1) is 17.1. The highest BCUT2D eigenvalue weighted by atomic mass is 35.5. The Morgan fingerprint density at radius 1 is 1.27 bits per heavy atom. The predicted molar refractivity (Wildman–Crippen MR) is 93.3 cm³/mol. The zero-order chi connectivity index (χ0) is 14.7. The minimum atomic E-state index is 0. The molecule has 22 heavy (non-hydrogen) atoms. The quantitative estimate of drug-likeness (QED) is 0.927. The lowest BCUT2D eigenvalue weighted by molar-refractivity contribution is 0.0983. The van der Waals surface area contributed by atoms with Crippen LogP contribution in [0.15, 0.2) is 30.7 Å². The summed E-state index contributed by atoms with van der Waals surface area (Å²) in [6.07, 6.45) is 5.69. The summed E-state index contributed by atoms with van der Waals surface area (Å²) in [7, 11) is 0. The normalized spacial score (nSPS) is 17.9. The van der Waals surface area contributed by atoms with Gasteiger partial charge in [0.1, 0.15) is 0 Å². The summed E-state index contributed by atoms with van der Waals surface area (Å²) in [5.74, 6) is 0. The van der Waals surface area contributed by atoms with Crippen LogP contribution in [0.4, 0.5) is 5.13 Å². The number of anilines is 1. The molecule has 0 bridgehead atoms. The zero-order valence-electron chi connectivity index (χ0n) is 12.7. The Morgan fingerprint density at radius 2 is 2.05 bits per heavy atom. The van der Waals surface area contributed by atoms with Gasteiger partial charge in [-0.05, 0) is 18.6 Å². The van der Waals surface area contributed by atoms with Crippen molar-refractivity contribution in [3.05, 3.63) is 41.2 Å². The Kier molecular flexibility index (Phi) is 6.14. The van der Waals surface area contributed by atoms with E-state index in [1.54, 1.807) is 11.3 Å². The average Bonchev–Trinajstić information content (AvgIpc) is 2.93. The van der Waals surface area contributed by atoms with Gasteiger partial charge < -0.3 is 5.73 Å². The minimum absolute atomic E-state index is 0. The van der Waals surface area contributed by atoms with Gasteiger partial charge in [0.15, 0.2) is 5.13 Å². The van der Waals surface area contributed by atoms with E-state index in [-0.39, 0.29) is 12.4 Å². The van der Waals surface area contributed by atoms with E-state index >= 15 is 0 Å². The number of thiazole rings is 1. The number of nitrogen functional groups attached to an aromatic ring is 1. The molecule has 2 aromatic rings. The highest BCUT2D eigenvalue weighted by molar-refractivity contribution is 7.15. The first-order chi connectivity index (χ1) is 10.2. The molecule has 7 heteroatoms. The van der Waals surface area contributed by atoms with Crippen molar-refractivity contribution in [1.29, 1.82) is 0 Å². The third-order valence-electron chi connectivity index (χ3n) is 4.07. The summed E-state index contributed by atoms with van der Waals surface area (Å²) < 4.78 is 0. The number of pyridine rings is 1. The molecule has 5 nitrogen and oxygen atoms in total. The summed E-state index contributed by atoms with van der Waals surface area (Å²) >= 11 is 1.59. The van der Waals surface area contributed by atoms with Gasteiger partial charge in [-0.2, -0.15) is 0 Å². The van der Waals surface area contributed by atoms with E-state index in [1.807, 2.05) is 24.7 Å².